The number of sulfonamides is 1. The molecule has 30 heavy (non-hydrogen) atoms. The van der Waals surface area contributed by atoms with Crippen molar-refractivity contribution in [2.45, 2.75) is 11.4 Å². The number of rotatable bonds is 5. The fourth-order valence-electron chi connectivity index (χ4n) is 3.66. The first-order valence-electron chi connectivity index (χ1n) is 9.36. The Kier molecular flexibility index (Phi) is 5.70. The van der Waals surface area contributed by atoms with Crippen LogP contribution in [0.5, 0.6) is 0 Å². The molecule has 0 unspecified atom stereocenters. The Morgan fingerprint density at radius 3 is 2.50 bits per heavy atom. The van der Waals surface area contributed by atoms with E-state index in [-0.39, 0.29) is 18.0 Å². The van der Waals surface area contributed by atoms with Crippen molar-refractivity contribution in [3.63, 3.8) is 0 Å². The van der Waals surface area contributed by atoms with Crippen molar-refractivity contribution in [2.75, 3.05) is 26.2 Å². The average molecular weight is 447 g/mol. The van der Waals surface area contributed by atoms with Gasteiger partial charge in [-0.15, -0.1) is 0 Å². The molecule has 3 aromatic rings. The number of piperazine rings is 1. The van der Waals surface area contributed by atoms with Crippen molar-refractivity contribution in [3.05, 3.63) is 75.4 Å². The number of hydrogen-bond acceptors (Lipinski definition) is 6. The summed E-state index contributed by atoms with van der Waals surface area (Å²) in [5.74, 6) is 0. The molecule has 1 aliphatic rings. The van der Waals surface area contributed by atoms with Crippen molar-refractivity contribution >= 4 is 38.2 Å². The summed E-state index contributed by atoms with van der Waals surface area (Å²) >= 11 is 6.26. The van der Waals surface area contributed by atoms with Gasteiger partial charge in [0.2, 0.25) is 10.0 Å². The number of fused-ring (bicyclic) bond motifs is 1. The van der Waals surface area contributed by atoms with Gasteiger partial charge in [-0.3, -0.25) is 20.0 Å². The highest BCUT2D eigenvalue weighted by molar-refractivity contribution is 7.89. The number of nitrogens with zero attached hydrogens (tertiary/aromatic N) is 4. The zero-order valence-electron chi connectivity index (χ0n) is 15.9. The number of pyridine rings is 1. The molecule has 2 aromatic carbocycles. The van der Waals surface area contributed by atoms with Crippen LogP contribution in [-0.4, -0.2) is 53.7 Å². The van der Waals surface area contributed by atoms with Crippen LogP contribution in [0.4, 0.5) is 5.69 Å². The first-order valence-corrected chi connectivity index (χ1v) is 11.2. The van der Waals surface area contributed by atoms with E-state index in [9.17, 15) is 18.5 Å². The predicted molar refractivity (Wildman–Crippen MR) is 114 cm³/mol. The van der Waals surface area contributed by atoms with Crippen LogP contribution in [0.1, 0.15) is 5.56 Å². The van der Waals surface area contributed by atoms with Crippen molar-refractivity contribution < 1.29 is 13.3 Å². The second-order valence-electron chi connectivity index (χ2n) is 7.01. The quantitative estimate of drug-likeness (QED) is 0.440. The molecular weight excluding hydrogens is 428 g/mol. The van der Waals surface area contributed by atoms with Crippen LogP contribution in [0.3, 0.4) is 0 Å². The molecule has 0 aliphatic carbocycles. The van der Waals surface area contributed by atoms with Crippen molar-refractivity contribution in [2.24, 2.45) is 0 Å². The Hall–Kier alpha value is -2.59. The molecule has 0 spiro atoms. The molecule has 0 N–H and O–H groups in total. The molecule has 0 atom stereocenters. The molecule has 156 valence electrons. The second kappa shape index (κ2) is 8.27. The van der Waals surface area contributed by atoms with E-state index in [1.807, 2.05) is 24.3 Å². The molecule has 1 aromatic heterocycles. The monoisotopic (exact) mass is 446 g/mol. The lowest BCUT2D eigenvalue weighted by atomic mass is 10.1. The lowest BCUT2D eigenvalue weighted by molar-refractivity contribution is -0.387. The highest BCUT2D eigenvalue weighted by Gasteiger charge is 2.33. The van der Waals surface area contributed by atoms with E-state index in [2.05, 4.69) is 9.88 Å². The predicted octanol–water partition coefficient (Wildman–Crippen LogP) is 3.30. The average Bonchev–Trinajstić information content (AvgIpc) is 2.76. The summed E-state index contributed by atoms with van der Waals surface area (Å²) in [4.78, 5) is 16.9. The van der Waals surface area contributed by atoms with E-state index in [4.69, 9.17) is 11.6 Å². The zero-order chi connectivity index (χ0) is 21.3. The van der Waals surface area contributed by atoms with Gasteiger partial charge in [-0.05, 0) is 29.8 Å². The number of benzene rings is 2. The summed E-state index contributed by atoms with van der Waals surface area (Å²) in [5, 5.41) is 12.8. The fraction of sp³-hybridized carbons (Fsp3) is 0.250. The molecule has 10 heteroatoms. The minimum atomic E-state index is -3.94. The van der Waals surface area contributed by atoms with Gasteiger partial charge in [0.1, 0.15) is 0 Å². The van der Waals surface area contributed by atoms with Crippen LogP contribution in [0.2, 0.25) is 5.02 Å². The molecule has 8 nitrogen and oxygen atoms in total. The van der Waals surface area contributed by atoms with E-state index < -0.39 is 20.6 Å². The molecule has 4 rings (SSSR count). The van der Waals surface area contributed by atoms with Crippen LogP contribution < -0.4 is 0 Å². The zero-order valence-corrected chi connectivity index (χ0v) is 17.5. The van der Waals surface area contributed by atoms with Gasteiger partial charge in [0, 0.05) is 55.4 Å². The number of nitro benzene ring substituents is 1. The summed E-state index contributed by atoms with van der Waals surface area (Å²) in [5.41, 5.74) is 1.45. The number of nitro groups is 1. The fourth-order valence-corrected chi connectivity index (χ4v) is 5.45. The lowest BCUT2D eigenvalue weighted by Gasteiger charge is -2.34. The molecular formula is C20H19ClN4O4S. The Labute approximate surface area is 178 Å². The highest BCUT2D eigenvalue weighted by atomic mass is 35.5. The smallest absolute Gasteiger partial charge is 0.289 e. The molecule has 2 heterocycles. The van der Waals surface area contributed by atoms with Crippen molar-refractivity contribution in [1.82, 2.24) is 14.2 Å². The van der Waals surface area contributed by atoms with Gasteiger partial charge in [0.25, 0.3) is 5.69 Å². The maximum Gasteiger partial charge on any atom is 0.289 e. The maximum absolute atomic E-state index is 13.0. The molecule has 1 saturated heterocycles. The molecule has 0 radical (unpaired) electrons. The molecule has 1 fully saturated rings. The largest absolute Gasteiger partial charge is 0.296 e. The third-order valence-corrected chi connectivity index (χ3v) is 7.48. The Morgan fingerprint density at radius 2 is 1.77 bits per heavy atom. The number of para-hydroxylation sites is 1. The van der Waals surface area contributed by atoms with Crippen LogP contribution in [0.15, 0.2) is 59.6 Å². The van der Waals surface area contributed by atoms with Crippen molar-refractivity contribution in [3.8, 4) is 0 Å². The van der Waals surface area contributed by atoms with Crippen LogP contribution >= 0.6 is 11.6 Å². The molecule has 0 saturated carbocycles. The third-order valence-electron chi connectivity index (χ3n) is 5.21. The van der Waals surface area contributed by atoms with Gasteiger partial charge in [-0.1, -0.05) is 29.8 Å². The van der Waals surface area contributed by atoms with Crippen LogP contribution in [0.25, 0.3) is 10.9 Å². The number of hydrogen-bond donors (Lipinski definition) is 0. The van der Waals surface area contributed by atoms with E-state index in [0.29, 0.717) is 24.7 Å². The summed E-state index contributed by atoms with van der Waals surface area (Å²) in [6.45, 7) is 2.15. The third kappa shape index (κ3) is 3.89. The minimum absolute atomic E-state index is 0.257. The summed E-state index contributed by atoms with van der Waals surface area (Å²) in [6.07, 6.45) is 1.72. The summed E-state index contributed by atoms with van der Waals surface area (Å²) in [6, 6.07) is 13.0. The summed E-state index contributed by atoms with van der Waals surface area (Å²) < 4.78 is 27.2. The van der Waals surface area contributed by atoms with Gasteiger partial charge in [0.15, 0.2) is 4.90 Å². The standard InChI is InChI=1S/C20H19ClN4O4S/c21-17-8-7-15(20-16(17)4-3-9-22-20)14-23-10-12-24(13-11-23)30(28,29)19-6-2-1-5-18(19)25(26)27/h1-9H,10-14H2. The Morgan fingerprint density at radius 1 is 1.03 bits per heavy atom. The van der Waals surface area contributed by atoms with Gasteiger partial charge in [0.05, 0.1) is 10.4 Å². The number of halogens is 1. The summed E-state index contributed by atoms with van der Waals surface area (Å²) in [7, 11) is -3.94. The lowest BCUT2D eigenvalue weighted by Crippen LogP contribution is -2.48. The normalized spacial score (nSPS) is 16.0. The second-order valence-corrected chi connectivity index (χ2v) is 9.32. The van der Waals surface area contributed by atoms with Crippen LogP contribution in [0, 0.1) is 10.1 Å². The van der Waals surface area contributed by atoms with Crippen molar-refractivity contribution in [1.29, 1.82) is 0 Å². The topological polar surface area (TPSA) is 96.6 Å². The Balaban J connectivity index is 1.50. The van der Waals surface area contributed by atoms with Gasteiger partial charge >= 0.3 is 0 Å². The van der Waals surface area contributed by atoms with Gasteiger partial charge in [-0.25, -0.2) is 8.42 Å². The molecule has 0 amide bonds. The molecule has 1 aliphatic heterocycles. The maximum atomic E-state index is 13.0. The first-order chi connectivity index (χ1) is 14.4. The van der Waals surface area contributed by atoms with E-state index in [0.717, 1.165) is 16.5 Å². The first kappa shape index (κ1) is 20.7. The Bertz CT molecular complexity index is 1210. The van der Waals surface area contributed by atoms with Gasteiger partial charge < -0.3 is 0 Å². The van der Waals surface area contributed by atoms with E-state index >= 15 is 0 Å². The molecule has 0 bridgehead atoms. The van der Waals surface area contributed by atoms with Crippen LogP contribution in [-0.2, 0) is 16.6 Å². The number of aromatic nitrogens is 1. The van der Waals surface area contributed by atoms with E-state index in [1.54, 1.807) is 6.20 Å². The SMILES string of the molecule is O=[N+]([O-])c1ccccc1S(=O)(=O)N1CCN(Cc2ccc(Cl)c3cccnc23)CC1. The van der Waals surface area contributed by atoms with E-state index in [1.165, 1.54) is 28.6 Å². The minimum Gasteiger partial charge on any atom is -0.296 e. The highest BCUT2D eigenvalue weighted by Crippen LogP contribution is 2.28. The van der Waals surface area contributed by atoms with Gasteiger partial charge in [-0.2, -0.15) is 4.31 Å².